The van der Waals surface area contributed by atoms with E-state index in [0.29, 0.717) is 12.4 Å². The third kappa shape index (κ3) is 5.33. The summed E-state index contributed by atoms with van der Waals surface area (Å²) in [6, 6.07) is 0.225. The molecule has 0 aliphatic heterocycles. The van der Waals surface area contributed by atoms with Gasteiger partial charge in [0.2, 0.25) is 11.9 Å². The molecule has 6 nitrogen and oxygen atoms in total. The number of rotatable bonds is 8. The van der Waals surface area contributed by atoms with Crippen molar-refractivity contribution in [2.75, 3.05) is 12.4 Å². The number of hydrogen-bond acceptors (Lipinski definition) is 4. The Hall–Kier alpha value is -1.59. The van der Waals surface area contributed by atoms with Crippen molar-refractivity contribution in [2.24, 2.45) is 0 Å². The van der Waals surface area contributed by atoms with Crippen LogP contribution >= 0.6 is 0 Å². The predicted molar refractivity (Wildman–Crippen MR) is 64.9 cm³/mol. The largest absolute Gasteiger partial charge is 0.466 e. The summed E-state index contributed by atoms with van der Waals surface area (Å²) in [5.74, 6) is 0.292. The van der Waals surface area contributed by atoms with Crippen LogP contribution in [-0.2, 0) is 4.79 Å². The van der Waals surface area contributed by atoms with Crippen LogP contribution in [0.3, 0.4) is 0 Å². The number of aromatic amines is 1. The van der Waals surface area contributed by atoms with Gasteiger partial charge in [-0.3, -0.25) is 10.1 Å². The van der Waals surface area contributed by atoms with Gasteiger partial charge in [-0.1, -0.05) is 32.6 Å². The first kappa shape index (κ1) is 13.5. The van der Waals surface area contributed by atoms with Crippen LogP contribution in [0.15, 0.2) is 0 Å². The van der Waals surface area contributed by atoms with Gasteiger partial charge in [0.05, 0.1) is 7.11 Å². The predicted octanol–water partition coefficient (Wildman–Crippen LogP) is 2.11. The number of hydrogen-bond donors (Lipinski definition) is 2. The van der Waals surface area contributed by atoms with E-state index < -0.39 is 0 Å². The lowest BCUT2D eigenvalue weighted by atomic mass is 10.1. The van der Waals surface area contributed by atoms with Gasteiger partial charge >= 0.3 is 6.01 Å². The van der Waals surface area contributed by atoms with Crippen LogP contribution in [0.4, 0.5) is 5.95 Å². The zero-order chi connectivity index (χ0) is 12.5. The monoisotopic (exact) mass is 240 g/mol. The number of ether oxygens (including phenoxy) is 1. The molecule has 0 spiro atoms. The first-order valence-corrected chi connectivity index (χ1v) is 6.02. The van der Waals surface area contributed by atoms with Gasteiger partial charge in [0.15, 0.2) is 0 Å². The first-order chi connectivity index (χ1) is 8.26. The van der Waals surface area contributed by atoms with E-state index in [1.54, 1.807) is 0 Å². The molecule has 0 bridgehead atoms. The van der Waals surface area contributed by atoms with Gasteiger partial charge in [0, 0.05) is 6.42 Å². The van der Waals surface area contributed by atoms with Crippen LogP contribution in [0.5, 0.6) is 6.01 Å². The number of methoxy groups -OCH3 is 1. The van der Waals surface area contributed by atoms with Crippen LogP contribution in [-0.4, -0.2) is 28.2 Å². The number of nitrogens with one attached hydrogen (secondary N) is 2. The molecule has 0 saturated carbocycles. The van der Waals surface area contributed by atoms with E-state index in [1.807, 2.05) is 0 Å². The normalized spacial score (nSPS) is 10.2. The summed E-state index contributed by atoms with van der Waals surface area (Å²) in [4.78, 5) is 15.4. The molecule has 0 saturated heterocycles. The van der Waals surface area contributed by atoms with Gasteiger partial charge in [-0.05, 0) is 6.42 Å². The molecule has 0 fully saturated rings. The summed E-state index contributed by atoms with van der Waals surface area (Å²) in [5, 5.41) is 8.96. The summed E-state index contributed by atoms with van der Waals surface area (Å²) < 4.78 is 4.80. The maximum atomic E-state index is 11.5. The van der Waals surface area contributed by atoms with Crippen molar-refractivity contribution >= 4 is 11.9 Å². The molecular formula is C11H20N4O2. The van der Waals surface area contributed by atoms with Crippen LogP contribution < -0.4 is 10.1 Å². The number of amides is 1. The minimum absolute atomic E-state index is 0.0414. The molecule has 6 heteroatoms. The fourth-order valence-electron chi connectivity index (χ4n) is 1.48. The highest BCUT2D eigenvalue weighted by molar-refractivity contribution is 5.88. The van der Waals surface area contributed by atoms with Crippen LogP contribution in [0.25, 0.3) is 0 Å². The van der Waals surface area contributed by atoms with Gasteiger partial charge in [-0.25, -0.2) is 5.10 Å². The summed E-state index contributed by atoms with van der Waals surface area (Å²) >= 11 is 0. The number of nitrogens with zero attached hydrogens (tertiary/aromatic N) is 2. The smallest absolute Gasteiger partial charge is 0.336 e. The first-order valence-electron chi connectivity index (χ1n) is 6.02. The molecule has 0 aliphatic carbocycles. The number of carbonyl (C=O) groups is 1. The van der Waals surface area contributed by atoms with Crippen molar-refractivity contribution in [1.82, 2.24) is 15.2 Å². The minimum Gasteiger partial charge on any atom is -0.466 e. The molecule has 0 atom stereocenters. The average Bonchev–Trinajstić information content (AvgIpc) is 2.76. The van der Waals surface area contributed by atoms with E-state index >= 15 is 0 Å². The van der Waals surface area contributed by atoms with Gasteiger partial charge in [-0.2, -0.15) is 4.98 Å². The van der Waals surface area contributed by atoms with Crippen molar-refractivity contribution < 1.29 is 9.53 Å². The topological polar surface area (TPSA) is 79.9 Å². The zero-order valence-electron chi connectivity index (χ0n) is 10.5. The minimum atomic E-state index is -0.0414. The van der Waals surface area contributed by atoms with Crippen LogP contribution in [0, 0.1) is 0 Å². The molecule has 0 aromatic carbocycles. The van der Waals surface area contributed by atoms with Crippen LogP contribution in [0.1, 0.15) is 45.4 Å². The van der Waals surface area contributed by atoms with Crippen molar-refractivity contribution in [3.05, 3.63) is 0 Å². The quantitative estimate of drug-likeness (QED) is 0.682. The third-order valence-electron chi connectivity index (χ3n) is 2.41. The Bertz CT molecular complexity index is 338. The van der Waals surface area contributed by atoms with Gasteiger partial charge < -0.3 is 4.74 Å². The maximum absolute atomic E-state index is 11.5. The lowest BCUT2D eigenvalue weighted by Crippen LogP contribution is -2.12. The lowest BCUT2D eigenvalue weighted by Gasteiger charge is -2.01. The highest BCUT2D eigenvalue weighted by Gasteiger charge is 2.06. The number of aromatic nitrogens is 3. The molecule has 17 heavy (non-hydrogen) atoms. The molecule has 1 heterocycles. The average molecular weight is 240 g/mol. The van der Waals surface area contributed by atoms with Gasteiger partial charge in [0.1, 0.15) is 0 Å². The second-order valence-corrected chi connectivity index (χ2v) is 3.88. The second-order valence-electron chi connectivity index (χ2n) is 3.88. The van der Waals surface area contributed by atoms with Crippen molar-refractivity contribution in [3.63, 3.8) is 0 Å². The van der Waals surface area contributed by atoms with E-state index in [-0.39, 0.29) is 11.9 Å². The standard InChI is InChI=1S/C11H20N4O2/c1-3-4-5-6-7-8-9(16)12-10-13-11(17-2)15-14-10/h3-8H2,1-2H3,(H2,12,13,14,15,16). The Balaban J connectivity index is 2.16. The molecule has 1 amide bonds. The molecule has 0 radical (unpaired) electrons. The van der Waals surface area contributed by atoms with E-state index in [0.717, 1.165) is 12.8 Å². The Morgan fingerprint density at radius 1 is 1.35 bits per heavy atom. The van der Waals surface area contributed by atoms with Gasteiger partial charge in [-0.15, -0.1) is 5.10 Å². The Labute approximate surface area is 101 Å². The maximum Gasteiger partial charge on any atom is 0.336 e. The molecule has 1 aromatic heterocycles. The van der Waals surface area contributed by atoms with E-state index in [9.17, 15) is 4.79 Å². The fourth-order valence-corrected chi connectivity index (χ4v) is 1.48. The van der Waals surface area contributed by atoms with Crippen molar-refractivity contribution in [3.8, 4) is 6.01 Å². The van der Waals surface area contributed by atoms with Crippen molar-refractivity contribution in [1.29, 1.82) is 0 Å². The molecular weight excluding hydrogens is 220 g/mol. The Morgan fingerprint density at radius 2 is 2.12 bits per heavy atom. The number of carbonyl (C=O) groups excluding carboxylic acids is 1. The lowest BCUT2D eigenvalue weighted by molar-refractivity contribution is -0.116. The number of unbranched alkanes of at least 4 members (excludes halogenated alkanes) is 4. The fraction of sp³-hybridized carbons (Fsp3) is 0.727. The summed E-state index contributed by atoms with van der Waals surface area (Å²) in [7, 11) is 1.47. The SMILES string of the molecule is CCCCCCCC(=O)Nc1nc(OC)n[nH]1. The summed E-state index contributed by atoms with van der Waals surface area (Å²) in [5.41, 5.74) is 0. The molecule has 2 N–H and O–H groups in total. The van der Waals surface area contributed by atoms with E-state index in [1.165, 1.54) is 26.4 Å². The number of H-pyrrole nitrogens is 1. The third-order valence-corrected chi connectivity index (χ3v) is 2.41. The summed E-state index contributed by atoms with van der Waals surface area (Å²) in [6.07, 6.45) is 6.18. The van der Waals surface area contributed by atoms with Crippen LogP contribution in [0.2, 0.25) is 0 Å². The van der Waals surface area contributed by atoms with E-state index in [2.05, 4.69) is 27.4 Å². The van der Waals surface area contributed by atoms with Gasteiger partial charge in [0.25, 0.3) is 0 Å². The molecule has 1 rings (SSSR count). The highest BCUT2D eigenvalue weighted by Crippen LogP contribution is 2.08. The number of anilines is 1. The Kier molecular flexibility index (Phi) is 6.06. The summed E-state index contributed by atoms with van der Waals surface area (Å²) in [6.45, 7) is 2.17. The Morgan fingerprint density at radius 3 is 2.76 bits per heavy atom. The van der Waals surface area contributed by atoms with E-state index in [4.69, 9.17) is 4.74 Å². The molecule has 96 valence electrons. The second kappa shape index (κ2) is 7.65. The molecule has 0 unspecified atom stereocenters. The molecule has 0 aliphatic rings. The van der Waals surface area contributed by atoms with Crippen molar-refractivity contribution in [2.45, 2.75) is 45.4 Å². The molecule has 1 aromatic rings. The zero-order valence-corrected chi connectivity index (χ0v) is 10.5. The highest BCUT2D eigenvalue weighted by atomic mass is 16.5.